The van der Waals surface area contributed by atoms with Gasteiger partial charge in [0, 0.05) is 30.4 Å². The molecular weight excluding hydrogens is 230 g/mol. The minimum Gasteiger partial charge on any atom is -0.273 e. The smallest absolute Gasteiger partial charge is 0.273 e. The summed E-state index contributed by atoms with van der Waals surface area (Å²) in [6.07, 6.45) is 1.88. The topological polar surface area (TPSA) is 110 Å². The van der Waals surface area contributed by atoms with E-state index in [0.29, 0.717) is 4.90 Å². The van der Waals surface area contributed by atoms with Gasteiger partial charge in [0.05, 0.1) is 0 Å². The number of nitrogens with zero attached hydrogens (tertiary/aromatic N) is 2. The van der Waals surface area contributed by atoms with Crippen LogP contribution in [0.25, 0.3) is 0 Å². The van der Waals surface area contributed by atoms with Crippen molar-refractivity contribution in [3.8, 4) is 0 Å². The Morgan fingerprint density at radius 3 is 2.29 bits per heavy atom. The number of hydrogen-bond donors (Lipinski definition) is 1. The van der Waals surface area contributed by atoms with Crippen LogP contribution in [-0.4, -0.2) is 33.3 Å². The highest BCUT2D eigenvalue weighted by atomic mass is 16.6. The number of hydrogen-bond acceptors (Lipinski definition) is 5. The van der Waals surface area contributed by atoms with Gasteiger partial charge in [-0.1, -0.05) is 6.92 Å². The summed E-state index contributed by atoms with van der Waals surface area (Å²) in [6, 6.07) is -1.09. The Morgan fingerprint density at radius 2 is 1.94 bits per heavy atom. The van der Waals surface area contributed by atoms with E-state index in [9.17, 15) is 24.5 Å². The second-order valence-electron chi connectivity index (χ2n) is 3.66. The lowest BCUT2D eigenvalue weighted by molar-refractivity contribution is -0.571. The van der Waals surface area contributed by atoms with E-state index < -0.39 is 28.4 Å². The minimum atomic E-state index is -1.71. The highest BCUT2D eigenvalue weighted by Crippen LogP contribution is 2.12. The third kappa shape index (κ3) is 2.30. The van der Waals surface area contributed by atoms with E-state index in [4.69, 9.17) is 0 Å². The van der Waals surface area contributed by atoms with Crippen LogP contribution in [0.4, 0.5) is 4.79 Å². The van der Waals surface area contributed by atoms with Gasteiger partial charge in [-0.2, -0.15) is 4.90 Å². The van der Waals surface area contributed by atoms with Gasteiger partial charge < -0.3 is 0 Å². The lowest BCUT2D eigenvalue weighted by atomic mass is 10.1. The Bertz CT molecular complexity index is 412. The maximum absolute atomic E-state index is 11.6. The summed E-state index contributed by atoms with van der Waals surface area (Å²) in [5.74, 6) is -1.62. The number of carbonyl (C=O) groups is 3. The SMILES string of the molecule is CCC(C)(NC(=O)N1C(=O)C=CC1=O)[N+](=O)[O-]. The molecule has 1 atom stereocenters. The summed E-state index contributed by atoms with van der Waals surface area (Å²) < 4.78 is 0. The van der Waals surface area contributed by atoms with E-state index in [1.165, 1.54) is 13.8 Å². The molecule has 0 bridgehead atoms. The highest BCUT2D eigenvalue weighted by Gasteiger charge is 2.41. The van der Waals surface area contributed by atoms with Crippen LogP contribution in [-0.2, 0) is 9.59 Å². The number of nitro groups is 1. The fourth-order valence-corrected chi connectivity index (χ4v) is 1.15. The quantitative estimate of drug-likeness (QED) is 0.324. The maximum Gasteiger partial charge on any atom is 0.336 e. The van der Waals surface area contributed by atoms with Gasteiger partial charge in [-0.25, -0.2) is 4.79 Å². The molecule has 0 aromatic rings. The number of rotatable bonds is 3. The van der Waals surface area contributed by atoms with Crippen molar-refractivity contribution in [3.63, 3.8) is 0 Å². The van der Waals surface area contributed by atoms with Crippen LogP contribution in [0.5, 0.6) is 0 Å². The Labute approximate surface area is 96.4 Å². The molecule has 1 aliphatic rings. The number of imide groups is 3. The molecule has 1 rings (SSSR count). The summed E-state index contributed by atoms with van der Waals surface area (Å²) in [4.78, 5) is 44.3. The molecule has 4 amide bonds. The van der Waals surface area contributed by atoms with Gasteiger partial charge in [0.1, 0.15) is 0 Å². The van der Waals surface area contributed by atoms with Gasteiger partial charge in [0.15, 0.2) is 0 Å². The predicted molar refractivity (Wildman–Crippen MR) is 55.2 cm³/mol. The second-order valence-corrected chi connectivity index (χ2v) is 3.66. The maximum atomic E-state index is 11.6. The zero-order valence-corrected chi connectivity index (χ0v) is 9.30. The van der Waals surface area contributed by atoms with Gasteiger partial charge in [-0.15, -0.1) is 0 Å². The molecule has 1 unspecified atom stereocenters. The molecule has 1 aliphatic heterocycles. The molecule has 0 saturated heterocycles. The third-order valence-corrected chi connectivity index (χ3v) is 2.48. The first-order valence-electron chi connectivity index (χ1n) is 4.84. The van der Waals surface area contributed by atoms with Crippen molar-refractivity contribution in [1.29, 1.82) is 0 Å². The number of carbonyl (C=O) groups excluding carboxylic acids is 3. The molecule has 0 spiro atoms. The monoisotopic (exact) mass is 241 g/mol. The molecule has 0 radical (unpaired) electrons. The van der Waals surface area contributed by atoms with E-state index in [1.54, 1.807) is 0 Å². The van der Waals surface area contributed by atoms with Gasteiger partial charge in [0.2, 0.25) is 0 Å². The summed E-state index contributed by atoms with van der Waals surface area (Å²) in [6.45, 7) is 2.71. The van der Waals surface area contributed by atoms with Crippen molar-refractivity contribution in [2.75, 3.05) is 0 Å². The average molecular weight is 241 g/mol. The molecule has 0 aromatic heterocycles. The first-order valence-corrected chi connectivity index (χ1v) is 4.84. The molecule has 8 heteroatoms. The molecule has 8 nitrogen and oxygen atoms in total. The van der Waals surface area contributed by atoms with Crippen molar-refractivity contribution in [2.45, 2.75) is 25.9 Å². The molecule has 17 heavy (non-hydrogen) atoms. The van der Waals surface area contributed by atoms with Crippen LogP contribution in [0.3, 0.4) is 0 Å². The van der Waals surface area contributed by atoms with Crippen LogP contribution in [0.1, 0.15) is 20.3 Å². The number of urea groups is 1. The summed E-state index contributed by atoms with van der Waals surface area (Å²) in [7, 11) is 0. The van der Waals surface area contributed by atoms with E-state index in [1.807, 2.05) is 0 Å². The van der Waals surface area contributed by atoms with Crippen molar-refractivity contribution in [2.24, 2.45) is 0 Å². The fraction of sp³-hybridized carbons (Fsp3) is 0.444. The summed E-state index contributed by atoms with van der Waals surface area (Å²) in [5.41, 5.74) is -1.71. The zero-order valence-electron chi connectivity index (χ0n) is 9.30. The van der Waals surface area contributed by atoms with Crippen LogP contribution in [0.2, 0.25) is 0 Å². The second kappa shape index (κ2) is 4.32. The zero-order chi connectivity index (χ0) is 13.2. The molecule has 0 saturated carbocycles. The number of amides is 4. The molecule has 0 aliphatic carbocycles. The minimum absolute atomic E-state index is 0.0232. The highest BCUT2D eigenvalue weighted by molar-refractivity contribution is 6.22. The first kappa shape index (κ1) is 12.8. The van der Waals surface area contributed by atoms with Gasteiger partial charge in [-0.3, -0.25) is 25.0 Å². The molecule has 0 aromatic carbocycles. The van der Waals surface area contributed by atoms with Crippen molar-refractivity contribution in [1.82, 2.24) is 10.2 Å². The lowest BCUT2D eigenvalue weighted by Crippen LogP contribution is -2.56. The van der Waals surface area contributed by atoms with Gasteiger partial charge in [-0.05, 0) is 0 Å². The van der Waals surface area contributed by atoms with E-state index in [-0.39, 0.29) is 6.42 Å². The van der Waals surface area contributed by atoms with Crippen molar-refractivity contribution < 1.29 is 19.3 Å². The van der Waals surface area contributed by atoms with Gasteiger partial charge >= 0.3 is 6.03 Å². The Morgan fingerprint density at radius 1 is 1.47 bits per heavy atom. The van der Waals surface area contributed by atoms with Crippen LogP contribution in [0, 0.1) is 10.1 Å². The first-order chi connectivity index (χ1) is 7.81. The predicted octanol–water partition coefficient (Wildman–Crippen LogP) is 0.0239. The van der Waals surface area contributed by atoms with Crippen molar-refractivity contribution in [3.05, 3.63) is 22.3 Å². The molecular formula is C9H11N3O5. The fourth-order valence-electron chi connectivity index (χ4n) is 1.15. The standard InChI is InChI=1S/C9H11N3O5/c1-3-9(2,12(16)17)10-8(15)11-6(13)4-5-7(11)14/h4-5H,3H2,1-2H3,(H,10,15). The molecule has 1 N–H and O–H groups in total. The largest absolute Gasteiger partial charge is 0.336 e. The van der Waals surface area contributed by atoms with Crippen LogP contribution >= 0.6 is 0 Å². The number of nitrogens with one attached hydrogen (secondary N) is 1. The summed E-state index contributed by atoms with van der Waals surface area (Å²) >= 11 is 0. The summed E-state index contributed by atoms with van der Waals surface area (Å²) in [5, 5.41) is 12.8. The Kier molecular flexibility index (Phi) is 3.26. The average Bonchev–Trinajstić information content (AvgIpc) is 2.58. The molecule has 92 valence electrons. The third-order valence-electron chi connectivity index (χ3n) is 2.48. The van der Waals surface area contributed by atoms with Crippen molar-refractivity contribution >= 4 is 17.8 Å². The van der Waals surface area contributed by atoms with E-state index >= 15 is 0 Å². The van der Waals surface area contributed by atoms with E-state index in [0.717, 1.165) is 12.2 Å². The van der Waals surface area contributed by atoms with Crippen LogP contribution < -0.4 is 5.32 Å². The molecule has 0 fully saturated rings. The Balaban J connectivity index is 2.83. The molecule has 1 heterocycles. The lowest BCUT2D eigenvalue weighted by Gasteiger charge is -2.22. The van der Waals surface area contributed by atoms with E-state index in [2.05, 4.69) is 5.32 Å². The Hall–Kier alpha value is -2.25. The van der Waals surface area contributed by atoms with Gasteiger partial charge in [0.25, 0.3) is 17.5 Å². The van der Waals surface area contributed by atoms with Crippen LogP contribution in [0.15, 0.2) is 12.2 Å². The normalized spacial score (nSPS) is 18.1.